The minimum atomic E-state index is -0.475. The van der Waals surface area contributed by atoms with Crippen LogP contribution in [0.2, 0.25) is 0 Å². The summed E-state index contributed by atoms with van der Waals surface area (Å²) in [6, 6.07) is 22.7. The molecule has 0 aliphatic carbocycles. The highest BCUT2D eigenvalue weighted by Crippen LogP contribution is 2.26. The Bertz CT molecular complexity index is 1290. The Kier molecular flexibility index (Phi) is 7.67. The molecule has 0 fully saturated rings. The summed E-state index contributed by atoms with van der Waals surface area (Å²) in [6.45, 7) is 3.77. The Labute approximate surface area is 216 Å². The number of ether oxygens (including phenoxy) is 1. The second kappa shape index (κ2) is 11.1. The number of carbonyl (C=O) groups excluding carboxylic acids is 4. The van der Waals surface area contributed by atoms with Crippen molar-refractivity contribution in [1.82, 2.24) is 4.90 Å². The molecule has 37 heavy (non-hydrogen) atoms. The van der Waals surface area contributed by atoms with Crippen molar-refractivity contribution in [1.29, 1.82) is 0 Å². The summed E-state index contributed by atoms with van der Waals surface area (Å²) in [5, 5.41) is 0. The summed E-state index contributed by atoms with van der Waals surface area (Å²) in [4.78, 5) is 55.5. The number of amides is 4. The topological polar surface area (TPSA) is 87.2 Å². The predicted molar refractivity (Wildman–Crippen MR) is 141 cm³/mol. The molecule has 0 atom stereocenters. The van der Waals surface area contributed by atoms with Gasteiger partial charge in [-0.05, 0) is 42.3 Å². The van der Waals surface area contributed by atoms with E-state index in [0.717, 1.165) is 10.6 Å². The van der Waals surface area contributed by atoms with Crippen LogP contribution in [0.15, 0.2) is 78.9 Å². The monoisotopic (exact) mass is 499 g/mol. The SMILES string of the molecule is CC(C)CN(C(=O)CN1C(=O)c2ccccc2C1=O)c1cccc(OCC(=O)N(C)c2ccccc2)c1. The number of hydrogen-bond acceptors (Lipinski definition) is 5. The first-order valence-corrected chi connectivity index (χ1v) is 12.1. The van der Waals surface area contributed by atoms with Gasteiger partial charge in [0.1, 0.15) is 12.3 Å². The molecule has 3 aromatic rings. The van der Waals surface area contributed by atoms with Crippen molar-refractivity contribution < 1.29 is 23.9 Å². The maximum Gasteiger partial charge on any atom is 0.264 e. The van der Waals surface area contributed by atoms with E-state index in [-0.39, 0.29) is 30.9 Å². The summed E-state index contributed by atoms with van der Waals surface area (Å²) in [7, 11) is 1.68. The lowest BCUT2D eigenvalue weighted by Crippen LogP contribution is -2.44. The number of anilines is 2. The van der Waals surface area contributed by atoms with Crippen molar-refractivity contribution >= 4 is 35.0 Å². The molecule has 0 saturated carbocycles. The highest BCUT2D eigenvalue weighted by atomic mass is 16.5. The van der Waals surface area contributed by atoms with Gasteiger partial charge in [-0.3, -0.25) is 24.1 Å². The summed E-state index contributed by atoms with van der Waals surface area (Å²) < 4.78 is 5.75. The second-order valence-electron chi connectivity index (χ2n) is 9.21. The standard InChI is InChI=1S/C29H29N3O5/c1-20(2)17-31(26(33)18-32-28(35)24-14-7-8-15-25(24)29(32)36)22-12-9-13-23(16-22)37-19-27(34)30(3)21-10-5-4-6-11-21/h4-16,20H,17-19H2,1-3H3. The largest absolute Gasteiger partial charge is 0.484 e. The van der Waals surface area contributed by atoms with E-state index >= 15 is 0 Å². The number of rotatable bonds is 9. The Balaban J connectivity index is 1.47. The van der Waals surface area contributed by atoms with Gasteiger partial charge >= 0.3 is 0 Å². The summed E-state index contributed by atoms with van der Waals surface area (Å²) in [6.07, 6.45) is 0. The van der Waals surface area contributed by atoms with Gasteiger partial charge in [-0.25, -0.2) is 0 Å². The average molecular weight is 500 g/mol. The lowest BCUT2D eigenvalue weighted by atomic mass is 10.1. The zero-order valence-corrected chi connectivity index (χ0v) is 21.1. The molecule has 0 N–H and O–H groups in total. The molecule has 4 amide bonds. The van der Waals surface area contributed by atoms with E-state index < -0.39 is 11.8 Å². The molecule has 0 saturated heterocycles. The molecule has 1 heterocycles. The van der Waals surface area contributed by atoms with Crippen LogP contribution in [-0.4, -0.2) is 55.3 Å². The summed E-state index contributed by atoms with van der Waals surface area (Å²) >= 11 is 0. The molecule has 1 aliphatic rings. The normalized spacial score (nSPS) is 12.5. The van der Waals surface area contributed by atoms with Crippen LogP contribution in [0.5, 0.6) is 5.75 Å². The van der Waals surface area contributed by atoms with Gasteiger partial charge in [-0.15, -0.1) is 0 Å². The minimum Gasteiger partial charge on any atom is -0.484 e. The molecule has 0 unspecified atom stereocenters. The molecule has 4 rings (SSSR count). The van der Waals surface area contributed by atoms with Gasteiger partial charge in [0.25, 0.3) is 17.7 Å². The van der Waals surface area contributed by atoms with Crippen LogP contribution in [0, 0.1) is 5.92 Å². The van der Waals surface area contributed by atoms with Crippen molar-refractivity contribution in [2.45, 2.75) is 13.8 Å². The zero-order chi connectivity index (χ0) is 26.5. The molecule has 3 aromatic carbocycles. The van der Waals surface area contributed by atoms with E-state index in [9.17, 15) is 19.2 Å². The van der Waals surface area contributed by atoms with Gasteiger partial charge in [0.15, 0.2) is 6.61 Å². The first-order valence-electron chi connectivity index (χ1n) is 12.1. The van der Waals surface area contributed by atoms with E-state index in [4.69, 9.17) is 4.74 Å². The maximum atomic E-state index is 13.4. The number of likely N-dealkylation sites (N-methyl/N-ethyl adjacent to an activating group) is 1. The van der Waals surface area contributed by atoms with Gasteiger partial charge < -0.3 is 14.5 Å². The van der Waals surface area contributed by atoms with Crippen LogP contribution in [0.1, 0.15) is 34.6 Å². The van der Waals surface area contributed by atoms with Crippen LogP contribution in [0.4, 0.5) is 11.4 Å². The Morgan fingerprint density at radius 3 is 2.03 bits per heavy atom. The molecular formula is C29H29N3O5. The van der Waals surface area contributed by atoms with E-state index in [1.807, 2.05) is 44.2 Å². The third-order valence-electron chi connectivity index (χ3n) is 6.03. The van der Waals surface area contributed by atoms with Crippen LogP contribution in [0.25, 0.3) is 0 Å². The third-order valence-corrected chi connectivity index (χ3v) is 6.03. The fourth-order valence-electron chi connectivity index (χ4n) is 4.10. The highest BCUT2D eigenvalue weighted by Gasteiger charge is 2.37. The highest BCUT2D eigenvalue weighted by molar-refractivity contribution is 6.22. The number of para-hydroxylation sites is 1. The Morgan fingerprint density at radius 2 is 1.41 bits per heavy atom. The fraction of sp³-hybridized carbons (Fsp3) is 0.241. The molecule has 0 aromatic heterocycles. The quantitative estimate of drug-likeness (QED) is 0.415. The number of nitrogens with zero attached hydrogens (tertiary/aromatic N) is 3. The smallest absolute Gasteiger partial charge is 0.264 e. The van der Waals surface area contributed by atoms with E-state index in [2.05, 4.69) is 0 Å². The number of fused-ring (bicyclic) bond motifs is 1. The van der Waals surface area contributed by atoms with E-state index in [0.29, 0.717) is 29.1 Å². The number of imide groups is 1. The summed E-state index contributed by atoms with van der Waals surface area (Å²) in [5.74, 6) is -1.02. The zero-order valence-electron chi connectivity index (χ0n) is 21.1. The van der Waals surface area contributed by atoms with Crippen molar-refractivity contribution in [2.24, 2.45) is 5.92 Å². The van der Waals surface area contributed by atoms with Gasteiger partial charge in [0.2, 0.25) is 5.91 Å². The number of carbonyl (C=O) groups is 4. The van der Waals surface area contributed by atoms with Crippen LogP contribution >= 0.6 is 0 Å². The molecule has 190 valence electrons. The lowest BCUT2D eigenvalue weighted by Gasteiger charge is -2.27. The lowest BCUT2D eigenvalue weighted by molar-refractivity contribution is -0.120. The Morgan fingerprint density at radius 1 is 0.811 bits per heavy atom. The van der Waals surface area contributed by atoms with Crippen molar-refractivity contribution in [3.63, 3.8) is 0 Å². The predicted octanol–water partition coefficient (Wildman–Crippen LogP) is 4.01. The Hall–Kier alpha value is -4.46. The number of benzene rings is 3. The molecular weight excluding hydrogens is 470 g/mol. The van der Waals surface area contributed by atoms with Gasteiger partial charge in [0, 0.05) is 31.0 Å². The molecule has 0 bridgehead atoms. The third kappa shape index (κ3) is 5.69. The van der Waals surface area contributed by atoms with Crippen LogP contribution in [-0.2, 0) is 9.59 Å². The molecule has 8 nitrogen and oxygen atoms in total. The molecule has 1 aliphatic heterocycles. The summed E-state index contributed by atoms with van der Waals surface area (Å²) in [5.41, 5.74) is 1.91. The molecule has 0 spiro atoms. The van der Waals surface area contributed by atoms with Crippen LogP contribution in [0.3, 0.4) is 0 Å². The maximum absolute atomic E-state index is 13.4. The van der Waals surface area contributed by atoms with Crippen LogP contribution < -0.4 is 14.5 Å². The minimum absolute atomic E-state index is 0.122. The fourth-order valence-corrected chi connectivity index (χ4v) is 4.10. The van der Waals surface area contributed by atoms with E-state index in [1.165, 1.54) is 4.90 Å². The van der Waals surface area contributed by atoms with Crippen molar-refractivity contribution in [3.05, 3.63) is 90.0 Å². The first-order chi connectivity index (χ1) is 17.8. The molecule has 8 heteroatoms. The number of hydrogen-bond donors (Lipinski definition) is 0. The molecule has 0 radical (unpaired) electrons. The van der Waals surface area contributed by atoms with Gasteiger partial charge in [0.05, 0.1) is 11.1 Å². The van der Waals surface area contributed by atoms with Crippen molar-refractivity contribution in [3.8, 4) is 5.75 Å². The van der Waals surface area contributed by atoms with Crippen molar-refractivity contribution in [2.75, 3.05) is 36.5 Å². The van der Waals surface area contributed by atoms with Gasteiger partial charge in [-0.2, -0.15) is 0 Å². The second-order valence-corrected chi connectivity index (χ2v) is 9.21. The van der Waals surface area contributed by atoms with E-state index in [1.54, 1.807) is 60.5 Å². The first kappa shape index (κ1) is 25.6. The average Bonchev–Trinajstić information content (AvgIpc) is 3.15. The van der Waals surface area contributed by atoms with Gasteiger partial charge in [-0.1, -0.05) is 50.2 Å².